The molecule has 0 unspecified atom stereocenters. The topological polar surface area (TPSA) is 41.6 Å². The van der Waals surface area contributed by atoms with Gasteiger partial charge in [0.25, 0.3) is 0 Å². The molecule has 0 aromatic heterocycles. The maximum atomic E-state index is 10.0. The largest absolute Gasteiger partial charge is 0.381 e. The Morgan fingerprint density at radius 3 is 2.85 bits per heavy atom. The number of amides is 1. The molecule has 0 saturated carbocycles. The lowest BCUT2D eigenvalue weighted by Gasteiger charge is -2.30. The molecule has 0 bridgehead atoms. The summed E-state index contributed by atoms with van der Waals surface area (Å²) in [5, 5.41) is 2.66. The van der Waals surface area contributed by atoms with Crippen molar-refractivity contribution < 1.29 is 9.53 Å². The fourth-order valence-corrected chi connectivity index (χ4v) is 1.61. The van der Waals surface area contributed by atoms with Gasteiger partial charge in [-0.05, 0) is 19.9 Å². The van der Waals surface area contributed by atoms with Crippen molar-refractivity contribution in [3.63, 3.8) is 0 Å². The molecule has 0 aromatic carbocycles. The highest BCUT2D eigenvalue weighted by atomic mass is 16.5. The zero-order chi connectivity index (χ0) is 9.52. The molecule has 0 aromatic rings. The van der Waals surface area contributed by atoms with Crippen LogP contribution in [0, 0.1) is 0 Å². The van der Waals surface area contributed by atoms with Crippen LogP contribution in [0.25, 0.3) is 0 Å². The van der Waals surface area contributed by atoms with E-state index in [9.17, 15) is 4.79 Å². The number of nitrogens with zero attached hydrogens (tertiary/aromatic N) is 1. The van der Waals surface area contributed by atoms with Crippen LogP contribution in [0.3, 0.4) is 0 Å². The molecule has 1 heterocycles. The second-order valence-corrected chi connectivity index (χ2v) is 3.40. The summed E-state index contributed by atoms with van der Waals surface area (Å²) in [5.41, 5.74) is 0. The van der Waals surface area contributed by atoms with Gasteiger partial charge in [-0.1, -0.05) is 0 Å². The minimum Gasteiger partial charge on any atom is -0.381 e. The van der Waals surface area contributed by atoms with Crippen LogP contribution in [0.15, 0.2) is 0 Å². The molecule has 1 amide bonds. The van der Waals surface area contributed by atoms with Crippen molar-refractivity contribution in [3.8, 4) is 0 Å². The minimum atomic E-state index is 0.627. The normalized spacial score (nSPS) is 18.9. The molecule has 0 atom stereocenters. The quantitative estimate of drug-likeness (QED) is 0.479. The lowest BCUT2D eigenvalue weighted by atomic mass is 10.1. The van der Waals surface area contributed by atoms with E-state index in [4.69, 9.17) is 4.74 Å². The lowest BCUT2D eigenvalue weighted by molar-refractivity contribution is -0.109. The maximum absolute atomic E-state index is 10.0. The van der Waals surface area contributed by atoms with E-state index in [1.807, 2.05) is 0 Å². The third-order valence-corrected chi connectivity index (χ3v) is 2.51. The zero-order valence-corrected chi connectivity index (χ0v) is 8.16. The van der Waals surface area contributed by atoms with Crippen molar-refractivity contribution in [1.82, 2.24) is 10.2 Å². The minimum absolute atomic E-state index is 0.627. The Morgan fingerprint density at radius 2 is 2.23 bits per heavy atom. The molecule has 1 saturated heterocycles. The predicted molar refractivity (Wildman–Crippen MR) is 50.5 cm³/mol. The van der Waals surface area contributed by atoms with Gasteiger partial charge in [0.05, 0.1) is 0 Å². The fraction of sp³-hybridized carbons (Fsp3) is 0.889. The summed E-state index contributed by atoms with van der Waals surface area (Å²) in [6.07, 6.45) is 2.97. The average molecular weight is 186 g/mol. The summed E-state index contributed by atoms with van der Waals surface area (Å²) in [7, 11) is 2.10. The van der Waals surface area contributed by atoms with Gasteiger partial charge < -0.3 is 15.0 Å². The first-order valence-corrected chi connectivity index (χ1v) is 4.79. The number of hydrogen-bond acceptors (Lipinski definition) is 3. The van der Waals surface area contributed by atoms with Crippen LogP contribution in [0.4, 0.5) is 0 Å². The number of hydrogen-bond donors (Lipinski definition) is 1. The van der Waals surface area contributed by atoms with E-state index in [1.165, 1.54) is 0 Å². The number of ether oxygens (including phenoxy) is 1. The number of rotatable bonds is 5. The van der Waals surface area contributed by atoms with E-state index in [2.05, 4.69) is 17.3 Å². The molecule has 1 aliphatic heterocycles. The standard InChI is InChI=1S/C9H18N2O2/c1-11(5-4-10-8-12)9-2-6-13-7-3-9/h8-9H,2-7H2,1H3,(H,10,12). The third-order valence-electron chi connectivity index (χ3n) is 2.51. The molecule has 0 radical (unpaired) electrons. The molecule has 1 rings (SSSR count). The van der Waals surface area contributed by atoms with E-state index in [0.717, 1.165) is 45.6 Å². The Labute approximate surface area is 79.2 Å². The van der Waals surface area contributed by atoms with Gasteiger partial charge >= 0.3 is 0 Å². The van der Waals surface area contributed by atoms with Gasteiger partial charge in [0.15, 0.2) is 0 Å². The lowest BCUT2D eigenvalue weighted by Crippen LogP contribution is -2.40. The second-order valence-electron chi connectivity index (χ2n) is 3.40. The highest BCUT2D eigenvalue weighted by molar-refractivity contribution is 5.45. The van der Waals surface area contributed by atoms with Crippen LogP contribution in [0.1, 0.15) is 12.8 Å². The Kier molecular flexibility index (Phi) is 4.78. The summed E-state index contributed by atoms with van der Waals surface area (Å²) < 4.78 is 5.28. The van der Waals surface area contributed by atoms with E-state index >= 15 is 0 Å². The van der Waals surface area contributed by atoms with Crippen molar-refractivity contribution in [2.75, 3.05) is 33.4 Å². The molecule has 1 aliphatic rings. The highest BCUT2D eigenvalue weighted by Gasteiger charge is 2.17. The van der Waals surface area contributed by atoms with E-state index in [-0.39, 0.29) is 0 Å². The van der Waals surface area contributed by atoms with Crippen LogP contribution in [-0.2, 0) is 9.53 Å². The summed E-state index contributed by atoms with van der Waals surface area (Å²) in [6, 6.07) is 0.627. The molecule has 1 fully saturated rings. The van der Waals surface area contributed by atoms with Crippen LogP contribution in [0.5, 0.6) is 0 Å². The summed E-state index contributed by atoms with van der Waals surface area (Å²) >= 11 is 0. The number of carbonyl (C=O) groups is 1. The average Bonchev–Trinajstić information content (AvgIpc) is 2.19. The number of nitrogens with one attached hydrogen (secondary N) is 1. The Hall–Kier alpha value is -0.610. The van der Waals surface area contributed by atoms with E-state index in [1.54, 1.807) is 0 Å². The first-order chi connectivity index (χ1) is 6.34. The maximum Gasteiger partial charge on any atom is 0.207 e. The summed E-state index contributed by atoms with van der Waals surface area (Å²) in [6.45, 7) is 3.40. The predicted octanol–water partition coefficient (Wildman–Crippen LogP) is -0.157. The molecule has 4 heteroatoms. The zero-order valence-electron chi connectivity index (χ0n) is 8.16. The highest BCUT2D eigenvalue weighted by Crippen LogP contribution is 2.11. The SMILES string of the molecule is CN(CCNC=O)C1CCOCC1. The first kappa shape index (κ1) is 10.5. The number of likely N-dealkylation sites (N-methyl/N-ethyl adjacent to an activating group) is 1. The van der Waals surface area contributed by atoms with Gasteiger partial charge in [0.1, 0.15) is 0 Å². The van der Waals surface area contributed by atoms with Crippen molar-refractivity contribution >= 4 is 6.41 Å². The molecule has 13 heavy (non-hydrogen) atoms. The van der Waals surface area contributed by atoms with Crippen molar-refractivity contribution in [3.05, 3.63) is 0 Å². The smallest absolute Gasteiger partial charge is 0.207 e. The van der Waals surface area contributed by atoms with Crippen LogP contribution in [0.2, 0.25) is 0 Å². The molecular weight excluding hydrogens is 168 g/mol. The van der Waals surface area contributed by atoms with Gasteiger partial charge in [-0.15, -0.1) is 0 Å². The first-order valence-electron chi connectivity index (χ1n) is 4.79. The van der Waals surface area contributed by atoms with Gasteiger partial charge in [-0.25, -0.2) is 0 Å². The van der Waals surface area contributed by atoms with Gasteiger partial charge in [0, 0.05) is 32.3 Å². The van der Waals surface area contributed by atoms with Crippen molar-refractivity contribution in [2.24, 2.45) is 0 Å². The molecule has 1 N–H and O–H groups in total. The Morgan fingerprint density at radius 1 is 1.54 bits per heavy atom. The summed E-state index contributed by atoms with van der Waals surface area (Å²) in [5.74, 6) is 0. The third kappa shape index (κ3) is 3.74. The van der Waals surface area contributed by atoms with E-state index < -0.39 is 0 Å². The van der Waals surface area contributed by atoms with E-state index in [0.29, 0.717) is 6.04 Å². The summed E-state index contributed by atoms with van der Waals surface area (Å²) in [4.78, 5) is 12.3. The van der Waals surface area contributed by atoms with Gasteiger partial charge in [0.2, 0.25) is 6.41 Å². The van der Waals surface area contributed by atoms with Crippen LogP contribution in [-0.4, -0.2) is 50.7 Å². The second kappa shape index (κ2) is 5.94. The monoisotopic (exact) mass is 186 g/mol. The Bertz CT molecular complexity index is 147. The molecule has 4 nitrogen and oxygen atoms in total. The molecular formula is C9H18N2O2. The van der Waals surface area contributed by atoms with Crippen LogP contribution >= 0.6 is 0 Å². The molecule has 0 spiro atoms. The van der Waals surface area contributed by atoms with Crippen LogP contribution < -0.4 is 5.32 Å². The Balaban J connectivity index is 2.13. The van der Waals surface area contributed by atoms with Gasteiger partial charge in [-0.2, -0.15) is 0 Å². The van der Waals surface area contributed by atoms with Crippen molar-refractivity contribution in [2.45, 2.75) is 18.9 Å². The fourth-order valence-electron chi connectivity index (χ4n) is 1.61. The number of carbonyl (C=O) groups excluding carboxylic acids is 1. The van der Waals surface area contributed by atoms with Crippen molar-refractivity contribution in [1.29, 1.82) is 0 Å². The van der Waals surface area contributed by atoms with Gasteiger partial charge in [-0.3, -0.25) is 4.79 Å². The molecule has 0 aliphatic carbocycles. The molecule has 76 valence electrons.